The Hall–Kier alpha value is -4.37. The first-order valence-corrected chi connectivity index (χ1v) is 11.7. The second kappa shape index (κ2) is 11.4. The molecule has 0 atom stereocenters. The molecule has 4 aromatic rings. The normalized spacial score (nSPS) is 11.0. The molecule has 2 aromatic heterocycles. The zero-order valence-electron chi connectivity index (χ0n) is 20.2. The van der Waals surface area contributed by atoms with E-state index >= 15 is 0 Å². The summed E-state index contributed by atoms with van der Waals surface area (Å²) in [5.41, 5.74) is 6.68. The van der Waals surface area contributed by atoms with Gasteiger partial charge in [0.2, 0.25) is 5.91 Å². The lowest BCUT2D eigenvalue weighted by molar-refractivity contribution is -0.121. The third-order valence-corrected chi connectivity index (χ3v) is 5.70. The molecule has 0 bridgehead atoms. The molecular weight excluding hydrogens is 460 g/mol. The summed E-state index contributed by atoms with van der Waals surface area (Å²) in [6.07, 6.45) is 0.0451. The van der Waals surface area contributed by atoms with Crippen molar-refractivity contribution in [3.8, 4) is 0 Å². The number of nitrogens with one attached hydrogen (secondary N) is 3. The third kappa shape index (κ3) is 6.19. The van der Waals surface area contributed by atoms with Crippen LogP contribution in [0.2, 0.25) is 0 Å². The minimum atomic E-state index is -0.530. The van der Waals surface area contributed by atoms with Gasteiger partial charge in [-0.25, -0.2) is 0 Å². The standard InChI is InChI=1S/C27H28N4O5/c1-3-31(4-2)17-21-13-14-23(35-21)27(34)30-29-25(32)15-18-9-11-20(12-10-18)28-26(33)24-16-19-7-5-6-8-22(19)36-24/h5-14,16H,3-4,15,17H2,1-2H3,(H,28,33)(H,29,32)(H,30,34). The van der Waals surface area contributed by atoms with Crippen LogP contribution in [0.25, 0.3) is 11.0 Å². The highest BCUT2D eigenvalue weighted by Crippen LogP contribution is 2.20. The SMILES string of the molecule is CCN(CC)Cc1ccc(C(=O)NNC(=O)Cc2ccc(NC(=O)c3cc4ccccc4o3)cc2)o1. The topological polar surface area (TPSA) is 117 Å². The third-order valence-electron chi connectivity index (χ3n) is 5.70. The predicted molar refractivity (Wildman–Crippen MR) is 135 cm³/mol. The van der Waals surface area contributed by atoms with Crippen LogP contribution in [0.4, 0.5) is 5.69 Å². The summed E-state index contributed by atoms with van der Waals surface area (Å²) in [7, 11) is 0. The Morgan fingerprint density at radius 3 is 2.28 bits per heavy atom. The molecule has 36 heavy (non-hydrogen) atoms. The quantitative estimate of drug-likeness (QED) is 0.305. The van der Waals surface area contributed by atoms with Crippen LogP contribution in [0.15, 0.2) is 75.6 Å². The highest BCUT2D eigenvalue weighted by atomic mass is 16.4. The summed E-state index contributed by atoms with van der Waals surface area (Å²) in [4.78, 5) is 39.2. The number of para-hydroxylation sites is 1. The monoisotopic (exact) mass is 488 g/mol. The maximum Gasteiger partial charge on any atom is 0.305 e. The molecule has 2 aromatic carbocycles. The fourth-order valence-electron chi connectivity index (χ4n) is 3.66. The molecular formula is C27H28N4O5. The number of rotatable bonds is 9. The van der Waals surface area contributed by atoms with Crippen molar-refractivity contribution < 1.29 is 23.2 Å². The van der Waals surface area contributed by atoms with Crippen LogP contribution in [-0.4, -0.2) is 35.7 Å². The number of hydrogen-bond donors (Lipinski definition) is 3. The molecule has 9 heteroatoms. The van der Waals surface area contributed by atoms with Gasteiger partial charge in [0.1, 0.15) is 11.3 Å². The van der Waals surface area contributed by atoms with Crippen LogP contribution >= 0.6 is 0 Å². The number of benzene rings is 2. The number of fused-ring (bicyclic) bond motifs is 1. The molecule has 2 heterocycles. The number of furan rings is 2. The second-order valence-corrected chi connectivity index (χ2v) is 8.21. The number of carbonyl (C=O) groups is 3. The van der Waals surface area contributed by atoms with Gasteiger partial charge in [0, 0.05) is 11.1 Å². The van der Waals surface area contributed by atoms with Crippen LogP contribution in [0.5, 0.6) is 0 Å². The number of hydrogen-bond acceptors (Lipinski definition) is 6. The van der Waals surface area contributed by atoms with Gasteiger partial charge in [0.05, 0.1) is 13.0 Å². The van der Waals surface area contributed by atoms with Gasteiger partial charge < -0.3 is 14.2 Å². The summed E-state index contributed by atoms with van der Waals surface area (Å²) >= 11 is 0. The molecule has 0 radical (unpaired) electrons. The smallest absolute Gasteiger partial charge is 0.305 e. The first kappa shape index (κ1) is 24.7. The zero-order valence-corrected chi connectivity index (χ0v) is 20.2. The minimum Gasteiger partial charge on any atom is -0.454 e. The Morgan fingerprint density at radius 2 is 1.56 bits per heavy atom. The van der Waals surface area contributed by atoms with Crippen LogP contribution in [0, 0.1) is 0 Å². The number of hydrazine groups is 1. The summed E-state index contributed by atoms with van der Waals surface area (Å²) in [5.74, 6) is -0.260. The summed E-state index contributed by atoms with van der Waals surface area (Å²) in [6.45, 7) is 6.48. The van der Waals surface area contributed by atoms with Crippen LogP contribution in [-0.2, 0) is 17.8 Å². The van der Waals surface area contributed by atoms with Gasteiger partial charge in [0.15, 0.2) is 11.5 Å². The zero-order chi connectivity index (χ0) is 25.5. The van der Waals surface area contributed by atoms with Crippen LogP contribution < -0.4 is 16.2 Å². The largest absolute Gasteiger partial charge is 0.454 e. The Labute approximate surface area is 208 Å². The first-order chi connectivity index (χ1) is 17.4. The Balaban J connectivity index is 1.25. The predicted octanol–water partition coefficient (Wildman–Crippen LogP) is 4.12. The van der Waals surface area contributed by atoms with E-state index in [9.17, 15) is 14.4 Å². The molecule has 0 aliphatic carbocycles. The van der Waals surface area contributed by atoms with E-state index in [0.717, 1.165) is 18.5 Å². The molecule has 0 saturated carbocycles. The average molecular weight is 489 g/mol. The second-order valence-electron chi connectivity index (χ2n) is 8.21. The summed E-state index contributed by atoms with van der Waals surface area (Å²) in [6, 6.07) is 19.3. The average Bonchev–Trinajstić information content (AvgIpc) is 3.54. The van der Waals surface area contributed by atoms with Crippen molar-refractivity contribution in [2.75, 3.05) is 18.4 Å². The van der Waals surface area contributed by atoms with E-state index in [0.29, 0.717) is 29.1 Å². The molecule has 4 rings (SSSR count). The van der Waals surface area contributed by atoms with Crippen molar-refractivity contribution in [3.05, 3.63) is 89.6 Å². The molecule has 0 saturated heterocycles. The van der Waals surface area contributed by atoms with Crippen molar-refractivity contribution >= 4 is 34.4 Å². The van der Waals surface area contributed by atoms with Crippen molar-refractivity contribution in [1.29, 1.82) is 0 Å². The highest BCUT2D eigenvalue weighted by Gasteiger charge is 2.15. The van der Waals surface area contributed by atoms with Gasteiger partial charge in [-0.05, 0) is 55.1 Å². The Kier molecular flexibility index (Phi) is 7.82. The van der Waals surface area contributed by atoms with E-state index in [1.54, 1.807) is 48.5 Å². The number of amides is 3. The number of nitrogens with zero attached hydrogens (tertiary/aromatic N) is 1. The summed E-state index contributed by atoms with van der Waals surface area (Å²) in [5, 5.41) is 3.63. The lowest BCUT2D eigenvalue weighted by atomic mass is 10.1. The molecule has 3 amide bonds. The van der Waals surface area contributed by atoms with E-state index in [1.807, 2.05) is 18.2 Å². The Bertz CT molecular complexity index is 1320. The number of carbonyl (C=O) groups excluding carboxylic acids is 3. The van der Waals surface area contributed by atoms with Gasteiger partial charge in [-0.15, -0.1) is 0 Å². The molecule has 0 aliphatic heterocycles. The van der Waals surface area contributed by atoms with Gasteiger partial charge >= 0.3 is 5.91 Å². The number of anilines is 1. The molecule has 0 spiro atoms. The fourth-order valence-corrected chi connectivity index (χ4v) is 3.66. The van der Waals surface area contributed by atoms with Gasteiger partial charge in [-0.2, -0.15) is 0 Å². The molecule has 0 aliphatic rings. The van der Waals surface area contributed by atoms with Crippen molar-refractivity contribution in [3.63, 3.8) is 0 Å². The van der Waals surface area contributed by atoms with E-state index < -0.39 is 11.8 Å². The lowest BCUT2D eigenvalue weighted by Crippen LogP contribution is -2.42. The Morgan fingerprint density at radius 1 is 0.806 bits per heavy atom. The maximum absolute atomic E-state index is 12.5. The van der Waals surface area contributed by atoms with Crippen molar-refractivity contribution in [1.82, 2.24) is 15.8 Å². The van der Waals surface area contributed by atoms with Gasteiger partial charge in [-0.1, -0.05) is 44.2 Å². The van der Waals surface area contributed by atoms with E-state index in [2.05, 4.69) is 34.9 Å². The fraction of sp³-hybridized carbons (Fsp3) is 0.222. The molecule has 0 unspecified atom stereocenters. The molecule has 9 nitrogen and oxygen atoms in total. The van der Waals surface area contributed by atoms with Gasteiger partial charge in [0.25, 0.3) is 5.91 Å². The van der Waals surface area contributed by atoms with E-state index in [-0.39, 0.29) is 23.8 Å². The lowest BCUT2D eigenvalue weighted by Gasteiger charge is -2.15. The van der Waals surface area contributed by atoms with Crippen LogP contribution in [0.1, 0.15) is 46.3 Å². The van der Waals surface area contributed by atoms with E-state index in [1.165, 1.54) is 0 Å². The molecule has 0 fully saturated rings. The summed E-state index contributed by atoms with van der Waals surface area (Å²) < 4.78 is 11.2. The first-order valence-electron chi connectivity index (χ1n) is 11.7. The van der Waals surface area contributed by atoms with Crippen LogP contribution in [0.3, 0.4) is 0 Å². The molecule has 3 N–H and O–H groups in total. The molecule has 186 valence electrons. The van der Waals surface area contributed by atoms with Crippen molar-refractivity contribution in [2.45, 2.75) is 26.8 Å². The van der Waals surface area contributed by atoms with Gasteiger partial charge in [-0.3, -0.25) is 30.1 Å². The maximum atomic E-state index is 12.5. The van der Waals surface area contributed by atoms with Crippen molar-refractivity contribution in [2.24, 2.45) is 0 Å². The van der Waals surface area contributed by atoms with E-state index in [4.69, 9.17) is 8.83 Å². The highest BCUT2D eigenvalue weighted by molar-refractivity contribution is 6.04. The minimum absolute atomic E-state index is 0.0451.